The van der Waals surface area contributed by atoms with Gasteiger partial charge < -0.3 is 10.2 Å². The van der Waals surface area contributed by atoms with Gasteiger partial charge in [0.2, 0.25) is 0 Å². The molecule has 0 radical (unpaired) electrons. The van der Waals surface area contributed by atoms with Crippen molar-refractivity contribution in [1.82, 2.24) is 5.32 Å². The Balaban J connectivity index is 1.70. The molecular formula is C18H21ClN2. The summed E-state index contributed by atoms with van der Waals surface area (Å²) < 4.78 is 0. The van der Waals surface area contributed by atoms with Crippen LogP contribution in [0.4, 0.5) is 5.69 Å². The molecule has 2 nitrogen and oxygen atoms in total. The summed E-state index contributed by atoms with van der Waals surface area (Å²) in [4.78, 5) is 2.30. The molecule has 2 aromatic carbocycles. The molecule has 0 atom stereocenters. The van der Waals surface area contributed by atoms with Crippen LogP contribution >= 0.6 is 11.6 Å². The molecule has 0 amide bonds. The van der Waals surface area contributed by atoms with Crippen molar-refractivity contribution in [2.75, 3.05) is 11.9 Å². The van der Waals surface area contributed by atoms with Gasteiger partial charge in [-0.1, -0.05) is 41.9 Å². The van der Waals surface area contributed by atoms with Crippen LogP contribution in [0.25, 0.3) is 0 Å². The average molecular weight is 301 g/mol. The Morgan fingerprint density at radius 2 is 1.81 bits per heavy atom. The third kappa shape index (κ3) is 3.99. The third-order valence-corrected chi connectivity index (χ3v) is 4.15. The lowest BCUT2D eigenvalue weighted by Gasteiger charge is -2.23. The molecule has 0 saturated heterocycles. The van der Waals surface area contributed by atoms with Gasteiger partial charge in [-0.15, -0.1) is 0 Å². The lowest BCUT2D eigenvalue weighted by atomic mass is 10.1. The van der Waals surface area contributed by atoms with E-state index in [2.05, 4.69) is 53.7 Å². The molecule has 0 spiro atoms. The Hall–Kier alpha value is -1.51. The number of rotatable bonds is 6. The van der Waals surface area contributed by atoms with E-state index in [4.69, 9.17) is 11.6 Å². The van der Waals surface area contributed by atoms with E-state index < -0.39 is 0 Å². The van der Waals surface area contributed by atoms with Crippen molar-refractivity contribution in [2.24, 2.45) is 0 Å². The topological polar surface area (TPSA) is 15.3 Å². The van der Waals surface area contributed by atoms with Crippen LogP contribution in [0.2, 0.25) is 5.02 Å². The highest BCUT2D eigenvalue weighted by atomic mass is 35.5. The first kappa shape index (κ1) is 14.4. The summed E-state index contributed by atoms with van der Waals surface area (Å²) >= 11 is 5.95. The van der Waals surface area contributed by atoms with Crippen LogP contribution in [0.3, 0.4) is 0 Å². The molecule has 110 valence electrons. The van der Waals surface area contributed by atoms with Crippen molar-refractivity contribution in [2.45, 2.75) is 32.0 Å². The Morgan fingerprint density at radius 1 is 1.10 bits per heavy atom. The molecule has 1 N–H and O–H groups in total. The third-order valence-electron chi connectivity index (χ3n) is 3.89. The van der Waals surface area contributed by atoms with Crippen molar-refractivity contribution < 1.29 is 0 Å². The maximum absolute atomic E-state index is 5.95. The molecule has 3 heteroatoms. The molecule has 1 aliphatic rings. The van der Waals surface area contributed by atoms with Gasteiger partial charge >= 0.3 is 0 Å². The number of para-hydroxylation sites is 1. The number of hydrogen-bond donors (Lipinski definition) is 1. The minimum absolute atomic E-state index is 0.736. The predicted molar refractivity (Wildman–Crippen MR) is 89.9 cm³/mol. The molecular weight excluding hydrogens is 280 g/mol. The van der Waals surface area contributed by atoms with Gasteiger partial charge in [0, 0.05) is 36.9 Å². The zero-order chi connectivity index (χ0) is 14.7. The molecule has 2 aromatic rings. The number of nitrogens with one attached hydrogen (secondary N) is 1. The molecule has 1 aliphatic carbocycles. The van der Waals surface area contributed by atoms with Crippen molar-refractivity contribution in [3.63, 3.8) is 0 Å². The second-order valence-corrected chi connectivity index (χ2v) is 6.20. The van der Waals surface area contributed by atoms with Gasteiger partial charge in [-0.25, -0.2) is 0 Å². The largest absolute Gasteiger partial charge is 0.370 e. The number of anilines is 1. The first-order chi connectivity index (χ1) is 10.2. The van der Waals surface area contributed by atoms with Crippen molar-refractivity contribution in [1.29, 1.82) is 0 Å². The van der Waals surface area contributed by atoms with Crippen LogP contribution in [-0.2, 0) is 13.1 Å². The summed E-state index contributed by atoms with van der Waals surface area (Å²) in [6, 6.07) is 17.4. The minimum Gasteiger partial charge on any atom is -0.370 e. The van der Waals surface area contributed by atoms with Gasteiger partial charge in [-0.3, -0.25) is 0 Å². The van der Waals surface area contributed by atoms with Crippen LogP contribution in [0.15, 0.2) is 48.5 Å². The molecule has 0 unspecified atom stereocenters. The van der Waals surface area contributed by atoms with Crippen molar-refractivity contribution >= 4 is 17.3 Å². The zero-order valence-corrected chi connectivity index (χ0v) is 13.1. The molecule has 21 heavy (non-hydrogen) atoms. The van der Waals surface area contributed by atoms with Crippen LogP contribution in [0, 0.1) is 0 Å². The second-order valence-electron chi connectivity index (χ2n) is 5.77. The van der Waals surface area contributed by atoms with E-state index in [0.29, 0.717) is 0 Å². The van der Waals surface area contributed by atoms with E-state index in [-0.39, 0.29) is 0 Å². The Morgan fingerprint density at radius 3 is 2.52 bits per heavy atom. The summed E-state index contributed by atoms with van der Waals surface area (Å²) in [7, 11) is 2.14. The fourth-order valence-corrected chi connectivity index (χ4v) is 2.65. The zero-order valence-electron chi connectivity index (χ0n) is 12.3. The molecule has 0 heterocycles. The first-order valence-corrected chi connectivity index (χ1v) is 7.87. The van der Waals surface area contributed by atoms with E-state index in [1.54, 1.807) is 0 Å². The lowest BCUT2D eigenvalue weighted by molar-refractivity contribution is 0.685. The van der Waals surface area contributed by atoms with E-state index in [9.17, 15) is 0 Å². The van der Waals surface area contributed by atoms with Gasteiger partial charge in [-0.05, 0) is 42.2 Å². The van der Waals surface area contributed by atoms with Gasteiger partial charge in [0.1, 0.15) is 0 Å². The molecule has 0 aliphatic heterocycles. The monoisotopic (exact) mass is 300 g/mol. The van der Waals surface area contributed by atoms with Crippen LogP contribution in [0.5, 0.6) is 0 Å². The van der Waals surface area contributed by atoms with E-state index in [1.807, 2.05) is 12.1 Å². The van der Waals surface area contributed by atoms with Gasteiger partial charge in [0.05, 0.1) is 0 Å². The fraction of sp³-hybridized carbons (Fsp3) is 0.333. The number of hydrogen-bond acceptors (Lipinski definition) is 2. The molecule has 0 aromatic heterocycles. The molecule has 3 rings (SSSR count). The fourth-order valence-electron chi connectivity index (χ4n) is 2.52. The average Bonchev–Trinajstić information content (AvgIpc) is 3.32. The summed E-state index contributed by atoms with van der Waals surface area (Å²) in [5.74, 6) is 0. The normalized spacial score (nSPS) is 14.2. The van der Waals surface area contributed by atoms with Gasteiger partial charge in [0.15, 0.2) is 0 Å². The molecule has 1 saturated carbocycles. The maximum Gasteiger partial charge on any atom is 0.0426 e. The van der Waals surface area contributed by atoms with Crippen molar-refractivity contribution in [3.8, 4) is 0 Å². The number of benzene rings is 2. The minimum atomic E-state index is 0.736. The summed E-state index contributed by atoms with van der Waals surface area (Å²) in [6.07, 6.45) is 2.64. The Labute approximate surface area is 131 Å². The van der Waals surface area contributed by atoms with Gasteiger partial charge in [-0.2, -0.15) is 0 Å². The summed E-state index contributed by atoms with van der Waals surface area (Å²) in [5.41, 5.74) is 3.92. The van der Waals surface area contributed by atoms with E-state index in [1.165, 1.54) is 29.7 Å². The highest BCUT2D eigenvalue weighted by Crippen LogP contribution is 2.24. The van der Waals surface area contributed by atoms with Gasteiger partial charge in [0.25, 0.3) is 0 Å². The summed E-state index contributed by atoms with van der Waals surface area (Å²) in [6.45, 7) is 1.84. The Bertz CT molecular complexity index is 590. The summed E-state index contributed by atoms with van der Waals surface area (Å²) in [5, 5.41) is 4.38. The number of nitrogens with zero attached hydrogens (tertiary/aromatic N) is 1. The first-order valence-electron chi connectivity index (χ1n) is 7.49. The maximum atomic E-state index is 5.95. The molecule has 0 bridgehead atoms. The highest BCUT2D eigenvalue weighted by molar-refractivity contribution is 6.30. The van der Waals surface area contributed by atoms with Crippen LogP contribution < -0.4 is 10.2 Å². The van der Waals surface area contributed by atoms with E-state index >= 15 is 0 Å². The second kappa shape index (κ2) is 6.50. The quantitative estimate of drug-likeness (QED) is 0.859. The predicted octanol–water partition coefficient (Wildman–Crippen LogP) is 4.23. The lowest BCUT2D eigenvalue weighted by Crippen LogP contribution is -2.21. The van der Waals surface area contributed by atoms with Crippen LogP contribution in [-0.4, -0.2) is 13.1 Å². The Kier molecular flexibility index (Phi) is 4.47. The molecule has 1 fully saturated rings. The smallest absolute Gasteiger partial charge is 0.0426 e. The standard InChI is InChI=1S/C18H21ClN2/c1-21(13-14-6-8-16(19)9-7-14)18-5-3-2-4-15(18)12-20-17-10-11-17/h2-9,17,20H,10-13H2,1H3. The highest BCUT2D eigenvalue weighted by Gasteiger charge is 2.20. The van der Waals surface area contributed by atoms with Crippen molar-refractivity contribution in [3.05, 3.63) is 64.7 Å². The van der Waals surface area contributed by atoms with Crippen LogP contribution in [0.1, 0.15) is 24.0 Å². The van der Waals surface area contributed by atoms with E-state index in [0.717, 1.165) is 24.2 Å². The number of halogens is 1. The SMILES string of the molecule is CN(Cc1ccc(Cl)cc1)c1ccccc1CNC1CC1.